The Bertz CT molecular complexity index is 744. The Morgan fingerprint density at radius 2 is 1.92 bits per heavy atom. The molecule has 0 saturated heterocycles. The Kier molecular flexibility index (Phi) is 6.59. The number of rotatable bonds is 7. The molecule has 1 unspecified atom stereocenters. The van der Waals surface area contributed by atoms with E-state index < -0.39 is 11.2 Å². The molecule has 2 aromatic rings. The van der Waals surface area contributed by atoms with Crippen LogP contribution in [0.15, 0.2) is 53.4 Å². The summed E-state index contributed by atoms with van der Waals surface area (Å²) in [6.07, 6.45) is 0. The number of thioether (sulfide) groups is 1. The molecule has 1 atom stereocenters. The number of para-hydroxylation sites is 1. The van der Waals surface area contributed by atoms with Gasteiger partial charge in [0.25, 0.3) is 0 Å². The van der Waals surface area contributed by atoms with Crippen LogP contribution in [-0.2, 0) is 4.79 Å². The molecule has 2 aromatic carbocycles. The van der Waals surface area contributed by atoms with Crippen LogP contribution in [0.3, 0.4) is 0 Å². The first-order chi connectivity index (χ1) is 11.7. The van der Waals surface area contributed by atoms with Crippen molar-refractivity contribution in [2.75, 3.05) is 13.7 Å². The molecule has 5 heteroatoms. The summed E-state index contributed by atoms with van der Waals surface area (Å²) in [6, 6.07) is 14.4. The summed E-state index contributed by atoms with van der Waals surface area (Å²) in [4.78, 5) is 12.5. The molecular formula is C19H18O4S. The fourth-order valence-corrected chi connectivity index (χ4v) is 3.06. The third-order valence-corrected chi connectivity index (χ3v) is 4.45. The second-order valence-electron chi connectivity index (χ2n) is 4.76. The molecule has 0 fully saturated rings. The van der Waals surface area contributed by atoms with Crippen molar-refractivity contribution in [3.8, 4) is 23.3 Å². The second kappa shape index (κ2) is 8.90. The molecule has 0 radical (unpaired) electrons. The van der Waals surface area contributed by atoms with Gasteiger partial charge >= 0.3 is 5.97 Å². The number of aliphatic carboxylic acids is 1. The van der Waals surface area contributed by atoms with E-state index in [0.717, 1.165) is 4.90 Å². The van der Waals surface area contributed by atoms with Crippen LogP contribution in [0.4, 0.5) is 0 Å². The molecule has 0 aliphatic carbocycles. The van der Waals surface area contributed by atoms with Gasteiger partial charge in [0, 0.05) is 10.5 Å². The monoisotopic (exact) mass is 342 g/mol. The molecule has 0 amide bonds. The lowest BCUT2D eigenvalue weighted by Crippen LogP contribution is -2.09. The van der Waals surface area contributed by atoms with Crippen LogP contribution in [0, 0.1) is 11.8 Å². The summed E-state index contributed by atoms with van der Waals surface area (Å²) in [7, 11) is 1.54. The van der Waals surface area contributed by atoms with E-state index in [9.17, 15) is 9.90 Å². The van der Waals surface area contributed by atoms with E-state index >= 15 is 0 Å². The Morgan fingerprint density at radius 1 is 1.21 bits per heavy atom. The Hall–Kier alpha value is -2.58. The maximum absolute atomic E-state index is 11.7. The van der Waals surface area contributed by atoms with E-state index in [1.54, 1.807) is 37.3 Å². The third kappa shape index (κ3) is 4.71. The van der Waals surface area contributed by atoms with Gasteiger partial charge in [0.2, 0.25) is 0 Å². The van der Waals surface area contributed by atoms with Gasteiger partial charge in [-0.05, 0) is 37.3 Å². The minimum absolute atomic E-state index is 0.335. The van der Waals surface area contributed by atoms with E-state index in [1.807, 2.05) is 18.2 Å². The molecule has 0 saturated carbocycles. The van der Waals surface area contributed by atoms with E-state index in [0.29, 0.717) is 23.7 Å². The lowest BCUT2D eigenvalue weighted by Gasteiger charge is -2.16. The molecule has 24 heavy (non-hydrogen) atoms. The van der Waals surface area contributed by atoms with Gasteiger partial charge in [0.05, 0.1) is 7.11 Å². The molecule has 0 aliphatic rings. The first-order valence-electron chi connectivity index (χ1n) is 7.30. The van der Waals surface area contributed by atoms with Gasteiger partial charge in [-0.25, -0.2) is 0 Å². The zero-order valence-electron chi connectivity index (χ0n) is 13.5. The average Bonchev–Trinajstić information content (AvgIpc) is 2.61. The minimum Gasteiger partial charge on any atom is -0.496 e. The normalized spacial score (nSPS) is 11.1. The van der Waals surface area contributed by atoms with E-state index in [1.165, 1.54) is 18.9 Å². The first-order valence-corrected chi connectivity index (χ1v) is 8.18. The Morgan fingerprint density at radius 3 is 2.54 bits per heavy atom. The fraction of sp³-hybridized carbons (Fsp3) is 0.211. The van der Waals surface area contributed by atoms with Crippen LogP contribution in [0.25, 0.3) is 0 Å². The van der Waals surface area contributed by atoms with Crippen molar-refractivity contribution < 1.29 is 19.4 Å². The summed E-state index contributed by atoms with van der Waals surface area (Å²) in [5.41, 5.74) is 0.635. The molecule has 1 N–H and O–H groups in total. The highest BCUT2D eigenvalue weighted by molar-refractivity contribution is 8.00. The lowest BCUT2D eigenvalue weighted by molar-refractivity contribution is -0.136. The van der Waals surface area contributed by atoms with Crippen LogP contribution >= 0.6 is 11.8 Å². The van der Waals surface area contributed by atoms with Crippen LogP contribution in [0.2, 0.25) is 0 Å². The summed E-state index contributed by atoms with van der Waals surface area (Å²) in [5, 5.41) is 8.84. The van der Waals surface area contributed by atoms with E-state index in [-0.39, 0.29) is 0 Å². The second-order valence-corrected chi connectivity index (χ2v) is 5.94. The van der Waals surface area contributed by atoms with Crippen LogP contribution < -0.4 is 9.47 Å². The van der Waals surface area contributed by atoms with Crippen molar-refractivity contribution in [1.82, 2.24) is 0 Å². The highest BCUT2D eigenvalue weighted by atomic mass is 32.2. The fourth-order valence-electron chi connectivity index (χ4n) is 2.07. The van der Waals surface area contributed by atoms with Crippen molar-refractivity contribution in [3.63, 3.8) is 0 Å². The number of ether oxygens (including phenoxy) is 2. The number of hydrogen-bond donors (Lipinski definition) is 1. The minimum atomic E-state index is -0.914. The summed E-state index contributed by atoms with van der Waals surface area (Å²) >= 11 is 1.25. The summed E-state index contributed by atoms with van der Waals surface area (Å²) in [5.74, 6) is 5.94. The number of carboxylic acids is 1. The zero-order valence-corrected chi connectivity index (χ0v) is 14.3. The number of methoxy groups -OCH3 is 1. The molecule has 0 bridgehead atoms. The van der Waals surface area contributed by atoms with Gasteiger partial charge in [0.1, 0.15) is 23.4 Å². The molecule has 0 spiro atoms. The smallest absolute Gasteiger partial charge is 0.321 e. The maximum atomic E-state index is 11.7. The van der Waals surface area contributed by atoms with Crippen molar-refractivity contribution in [1.29, 1.82) is 0 Å². The van der Waals surface area contributed by atoms with Crippen molar-refractivity contribution >= 4 is 17.7 Å². The average molecular weight is 342 g/mol. The van der Waals surface area contributed by atoms with Gasteiger partial charge in [0.15, 0.2) is 0 Å². The number of benzene rings is 2. The number of carboxylic acid groups (broad SMARTS) is 1. The Balaban J connectivity index is 2.16. The number of hydrogen-bond acceptors (Lipinski definition) is 4. The van der Waals surface area contributed by atoms with Crippen LogP contribution in [0.1, 0.15) is 17.7 Å². The molecule has 0 heterocycles. The highest BCUT2D eigenvalue weighted by Gasteiger charge is 2.24. The van der Waals surface area contributed by atoms with Crippen molar-refractivity contribution in [3.05, 3.63) is 54.1 Å². The van der Waals surface area contributed by atoms with E-state index in [2.05, 4.69) is 11.8 Å². The van der Waals surface area contributed by atoms with Crippen LogP contribution in [-0.4, -0.2) is 24.8 Å². The Labute approximate surface area is 145 Å². The number of carbonyl (C=O) groups is 1. The van der Waals surface area contributed by atoms with Gasteiger partial charge in [-0.1, -0.05) is 24.1 Å². The maximum Gasteiger partial charge on any atom is 0.321 e. The van der Waals surface area contributed by atoms with Crippen LogP contribution in [0.5, 0.6) is 11.5 Å². The van der Waals surface area contributed by atoms with Gasteiger partial charge in [-0.2, -0.15) is 0 Å². The molecule has 124 valence electrons. The van der Waals surface area contributed by atoms with Crippen molar-refractivity contribution in [2.24, 2.45) is 0 Å². The van der Waals surface area contributed by atoms with Gasteiger partial charge < -0.3 is 14.6 Å². The third-order valence-electron chi connectivity index (χ3n) is 3.21. The van der Waals surface area contributed by atoms with Gasteiger partial charge in [-0.15, -0.1) is 17.7 Å². The zero-order chi connectivity index (χ0) is 17.4. The molecule has 4 nitrogen and oxygen atoms in total. The molecule has 0 aromatic heterocycles. The lowest BCUT2D eigenvalue weighted by atomic mass is 10.1. The highest BCUT2D eigenvalue weighted by Crippen LogP contribution is 2.39. The SMILES string of the molecule is CC#CCOc1ccc(SC(C(=O)O)c2ccccc2OC)cc1. The largest absolute Gasteiger partial charge is 0.496 e. The van der Waals surface area contributed by atoms with E-state index in [4.69, 9.17) is 9.47 Å². The topological polar surface area (TPSA) is 55.8 Å². The molecule has 2 rings (SSSR count). The predicted molar refractivity (Wildman–Crippen MR) is 94.6 cm³/mol. The summed E-state index contributed by atoms with van der Waals surface area (Å²) < 4.78 is 10.7. The molecular weight excluding hydrogens is 324 g/mol. The quantitative estimate of drug-likeness (QED) is 0.608. The van der Waals surface area contributed by atoms with Crippen molar-refractivity contribution in [2.45, 2.75) is 17.1 Å². The summed E-state index contributed by atoms with van der Waals surface area (Å²) in [6.45, 7) is 2.09. The first kappa shape index (κ1) is 17.8. The van der Waals surface area contributed by atoms with Gasteiger partial charge in [-0.3, -0.25) is 4.79 Å². The predicted octanol–water partition coefficient (Wildman–Crippen LogP) is 4.02. The molecule has 0 aliphatic heterocycles. The standard InChI is InChI=1S/C19H18O4S/c1-3-4-13-23-14-9-11-15(12-10-14)24-18(19(20)21)16-7-5-6-8-17(16)22-2/h5-12,18H,13H2,1-2H3,(H,20,21).